The normalized spacial score (nSPS) is 15.6. The van der Waals surface area contributed by atoms with Gasteiger partial charge < -0.3 is 5.32 Å². The average Bonchev–Trinajstić information content (AvgIpc) is 3.10. The van der Waals surface area contributed by atoms with Crippen LogP contribution in [0.2, 0.25) is 0 Å². The number of pyridine rings is 1. The van der Waals surface area contributed by atoms with Crippen molar-refractivity contribution in [2.45, 2.75) is 12.3 Å². The highest BCUT2D eigenvalue weighted by molar-refractivity contribution is 5.94. The molecule has 23 heavy (non-hydrogen) atoms. The second-order valence-electron chi connectivity index (χ2n) is 5.55. The maximum Gasteiger partial charge on any atom is 0.251 e. The fourth-order valence-corrected chi connectivity index (χ4v) is 2.87. The quantitative estimate of drug-likeness (QED) is 0.797. The standard InChI is InChI=1S/C17H15N5O/c23-17(20-9-14-7-12-3-1-2-4-15(12)14)13-5-6-19-16(8-13)22-11-18-10-21-22/h1-6,8,10-11,14H,7,9H2,(H,20,23)/t14-/m0/s1. The number of hydrogen-bond donors (Lipinski definition) is 1. The Morgan fingerprint density at radius 1 is 1.30 bits per heavy atom. The third kappa shape index (κ3) is 2.59. The van der Waals surface area contributed by atoms with Crippen molar-refractivity contribution in [3.8, 4) is 5.82 Å². The van der Waals surface area contributed by atoms with E-state index in [1.54, 1.807) is 24.7 Å². The monoisotopic (exact) mass is 305 g/mol. The Balaban J connectivity index is 1.43. The molecule has 6 nitrogen and oxygen atoms in total. The third-order valence-electron chi connectivity index (χ3n) is 4.13. The van der Waals surface area contributed by atoms with E-state index >= 15 is 0 Å². The lowest BCUT2D eigenvalue weighted by Crippen LogP contribution is -2.33. The minimum atomic E-state index is -0.0989. The van der Waals surface area contributed by atoms with E-state index in [2.05, 4.69) is 38.6 Å². The zero-order valence-corrected chi connectivity index (χ0v) is 12.4. The van der Waals surface area contributed by atoms with Gasteiger partial charge in [0.1, 0.15) is 12.7 Å². The Morgan fingerprint density at radius 3 is 3.04 bits per heavy atom. The van der Waals surface area contributed by atoms with Gasteiger partial charge in [0.2, 0.25) is 0 Å². The van der Waals surface area contributed by atoms with Crippen molar-refractivity contribution in [2.24, 2.45) is 0 Å². The SMILES string of the molecule is O=C(NC[C@@H]1Cc2ccccc21)c1ccnc(-n2cncn2)c1. The van der Waals surface area contributed by atoms with E-state index in [0.29, 0.717) is 23.8 Å². The molecule has 0 radical (unpaired) electrons. The molecule has 0 saturated carbocycles. The predicted octanol–water partition coefficient (Wildman–Crippen LogP) is 1.73. The highest BCUT2D eigenvalue weighted by Gasteiger charge is 2.25. The van der Waals surface area contributed by atoms with Crippen molar-refractivity contribution >= 4 is 5.91 Å². The summed E-state index contributed by atoms with van der Waals surface area (Å²) in [7, 11) is 0. The van der Waals surface area contributed by atoms with Gasteiger partial charge >= 0.3 is 0 Å². The fraction of sp³-hybridized carbons (Fsp3) is 0.176. The van der Waals surface area contributed by atoms with E-state index < -0.39 is 0 Å². The van der Waals surface area contributed by atoms with Gasteiger partial charge in [-0.15, -0.1) is 0 Å². The molecule has 1 amide bonds. The molecule has 2 aromatic heterocycles. The summed E-state index contributed by atoms with van der Waals surface area (Å²) in [5.41, 5.74) is 3.29. The number of hydrogen-bond acceptors (Lipinski definition) is 4. The highest BCUT2D eigenvalue weighted by atomic mass is 16.1. The van der Waals surface area contributed by atoms with E-state index in [1.165, 1.54) is 22.1 Å². The lowest BCUT2D eigenvalue weighted by molar-refractivity contribution is 0.0950. The van der Waals surface area contributed by atoms with Gasteiger partial charge in [0.15, 0.2) is 5.82 Å². The molecular weight excluding hydrogens is 290 g/mol. The molecule has 6 heteroatoms. The molecule has 4 rings (SSSR count). The molecule has 114 valence electrons. The summed E-state index contributed by atoms with van der Waals surface area (Å²) in [5, 5.41) is 7.02. The molecule has 1 aromatic carbocycles. The summed E-state index contributed by atoms with van der Waals surface area (Å²) in [6.45, 7) is 0.650. The van der Waals surface area contributed by atoms with Crippen LogP contribution in [0.25, 0.3) is 5.82 Å². The Hall–Kier alpha value is -3.02. The number of benzene rings is 1. The first-order chi connectivity index (χ1) is 11.3. The first-order valence-electron chi connectivity index (χ1n) is 7.48. The topological polar surface area (TPSA) is 72.7 Å². The number of nitrogens with zero attached hydrogens (tertiary/aromatic N) is 4. The lowest BCUT2D eigenvalue weighted by atomic mass is 9.77. The predicted molar refractivity (Wildman–Crippen MR) is 84.4 cm³/mol. The van der Waals surface area contributed by atoms with Gasteiger partial charge in [-0.2, -0.15) is 5.10 Å². The van der Waals surface area contributed by atoms with Gasteiger partial charge in [0.05, 0.1) is 0 Å². The summed E-state index contributed by atoms with van der Waals surface area (Å²) >= 11 is 0. The summed E-state index contributed by atoms with van der Waals surface area (Å²) in [5.74, 6) is 0.883. The van der Waals surface area contributed by atoms with Gasteiger partial charge in [0.25, 0.3) is 5.91 Å². The van der Waals surface area contributed by atoms with Crippen molar-refractivity contribution in [2.75, 3.05) is 6.54 Å². The maximum absolute atomic E-state index is 12.3. The molecule has 1 atom stereocenters. The number of amides is 1. The second-order valence-corrected chi connectivity index (χ2v) is 5.55. The summed E-state index contributed by atoms with van der Waals surface area (Å²) in [6, 6.07) is 11.8. The van der Waals surface area contributed by atoms with E-state index in [-0.39, 0.29) is 5.91 Å². The summed E-state index contributed by atoms with van der Waals surface area (Å²) in [6.07, 6.45) is 5.61. The number of fused-ring (bicyclic) bond motifs is 1. The zero-order chi connectivity index (χ0) is 15.6. The maximum atomic E-state index is 12.3. The fourth-order valence-electron chi connectivity index (χ4n) is 2.87. The molecule has 0 saturated heterocycles. The molecule has 0 spiro atoms. The Labute approximate surface area is 133 Å². The number of aromatic nitrogens is 4. The van der Waals surface area contributed by atoms with Crippen LogP contribution in [0.1, 0.15) is 27.4 Å². The molecule has 0 aliphatic heterocycles. The first kappa shape index (κ1) is 13.6. The van der Waals surface area contributed by atoms with Crippen LogP contribution >= 0.6 is 0 Å². The van der Waals surface area contributed by atoms with E-state index in [4.69, 9.17) is 0 Å². The molecular formula is C17H15N5O. The van der Waals surface area contributed by atoms with Gasteiger partial charge in [-0.3, -0.25) is 4.79 Å². The van der Waals surface area contributed by atoms with Crippen LogP contribution in [0.5, 0.6) is 0 Å². The molecule has 0 unspecified atom stereocenters. The molecule has 0 fully saturated rings. The van der Waals surface area contributed by atoms with Gasteiger partial charge in [-0.25, -0.2) is 14.6 Å². The first-order valence-corrected chi connectivity index (χ1v) is 7.48. The summed E-state index contributed by atoms with van der Waals surface area (Å²) < 4.78 is 1.53. The van der Waals surface area contributed by atoms with Gasteiger partial charge in [0, 0.05) is 24.2 Å². The van der Waals surface area contributed by atoms with Crippen molar-refractivity contribution in [3.05, 3.63) is 71.9 Å². The molecule has 1 aliphatic carbocycles. The third-order valence-corrected chi connectivity index (χ3v) is 4.13. The van der Waals surface area contributed by atoms with E-state index in [1.807, 2.05) is 6.07 Å². The number of rotatable bonds is 4. The van der Waals surface area contributed by atoms with Crippen molar-refractivity contribution < 1.29 is 4.79 Å². The molecule has 1 N–H and O–H groups in total. The average molecular weight is 305 g/mol. The molecule has 1 aliphatic rings. The highest BCUT2D eigenvalue weighted by Crippen LogP contribution is 2.33. The molecule has 3 aromatic rings. The van der Waals surface area contributed by atoms with Crippen molar-refractivity contribution in [1.29, 1.82) is 0 Å². The summed E-state index contributed by atoms with van der Waals surface area (Å²) in [4.78, 5) is 20.4. The smallest absolute Gasteiger partial charge is 0.251 e. The Bertz CT molecular complexity index is 844. The van der Waals surface area contributed by atoms with Crippen LogP contribution in [0.3, 0.4) is 0 Å². The van der Waals surface area contributed by atoms with E-state index in [0.717, 1.165) is 6.42 Å². The zero-order valence-electron chi connectivity index (χ0n) is 12.4. The molecule has 2 heterocycles. The number of carbonyl (C=O) groups is 1. The molecule has 0 bridgehead atoms. The number of carbonyl (C=O) groups excluding carboxylic acids is 1. The van der Waals surface area contributed by atoms with E-state index in [9.17, 15) is 4.79 Å². The second kappa shape index (κ2) is 5.64. The minimum absolute atomic E-state index is 0.0989. The van der Waals surface area contributed by atoms with Crippen LogP contribution < -0.4 is 5.32 Å². The Kier molecular flexibility index (Phi) is 3.34. The Morgan fingerprint density at radius 2 is 2.22 bits per heavy atom. The van der Waals surface area contributed by atoms with Crippen LogP contribution in [-0.2, 0) is 6.42 Å². The minimum Gasteiger partial charge on any atom is -0.351 e. The van der Waals surface area contributed by atoms with Crippen LogP contribution in [0, 0.1) is 0 Å². The lowest BCUT2D eigenvalue weighted by Gasteiger charge is -2.30. The van der Waals surface area contributed by atoms with Crippen molar-refractivity contribution in [3.63, 3.8) is 0 Å². The van der Waals surface area contributed by atoms with Crippen LogP contribution in [0.15, 0.2) is 55.2 Å². The van der Waals surface area contributed by atoms with Gasteiger partial charge in [-0.05, 0) is 29.7 Å². The number of nitrogens with one attached hydrogen (secondary N) is 1. The van der Waals surface area contributed by atoms with Crippen LogP contribution in [-0.4, -0.2) is 32.2 Å². The van der Waals surface area contributed by atoms with Crippen LogP contribution in [0.4, 0.5) is 0 Å². The largest absolute Gasteiger partial charge is 0.351 e. The van der Waals surface area contributed by atoms with Crippen molar-refractivity contribution in [1.82, 2.24) is 25.1 Å². The van der Waals surface area contributed by atoms with Gasteiger partial charge in [-0.1, -0.05) is 24.3 Å².